The number of halogens is 2. The Morgan fingerprint density at radius 2 is 1.82 bits per heavy atom. The number of benzene rings is 2. The number of carbonyl (C=O) groups is 1. The van der Waals surface area contributed by atoms with Gasteiger partial charge in [-0.2, -0.15) is 4.98 Å². The second-order valence-corrected chi connectivity index (χ2v) is 8.64. The number of hydrogen-bond donors (Lipinski definition) is 2. The highest BCUT2D eigenvalue weighted by Gasteiger charge is 2.16. The van der Waals surface area contributed by atoms with Gasteiger partial charge in [0.15, 0.2) is 11.6 Å². The Hall–Kier alpha value is -3.43. The first kappa shape index (κ1) is 23.7. The smallest absolute Gasteiger partial charge is 0.229 e. The minimum Gasteiger partial charge on any atom is -0.369 e. The summed E-state index contributed by atoms with van der Waals surface area (Å²) in [5.41, 5.74) is 3.07. The maximum Gasteiger partial charge on any atom is 0.229 e. The van der Waals surface area contributed by atoms with Crippen LogP contribution in [0.1, 0.15) is 6.92 Å². The number of nitrogens with zero attached hydrogens (tertiary/aromatic N) is 5. The molecule has 1 aliphatic rings. The van der Waals surface area contributed by atoms with E-state index in [9.17, 15) is 9.18 Å². The molecule has 0 bridgehead atoms. The van der Waals surface area contributed by atoms with Crippen molar-refractivity contribution in [2.24, 2.45) is 0 Å². The number of rotatable bonds is 6. The lowest BCUT2D eigenvalue weighted by Crippen LogP contribution is -2.44. The van der Waals surface area contributed by atoms with Crippen LogP contribution in [-0.2, 0) is 4.79 Å². The molecular formula is C24H27ClFN7O. The zero-order chi connectivity index (χ0) is 24.2. The summed E-state index contributed by atoms with van der Waals surface area (Å²) >= 11 is 6.27. The van der Waals surface area contributed by atoms with Crippen molar-refractivity contribution in [3.8, 4) is 0 Å². The molecule has 3 aromatic rings. The van der Waals surface area contributed by atoms with E-state index in [-0.39, 0.29) is 17.7 Å². The van der Waals surface area contributed by atoms with Gasteiger partial charge in [-0.1, -0.05) is 11.6 Å². The number of amides is 1. The maximum absolute atomic E-state index is 14.6. The highest BCUT2D eigenvalue weighted by atomic mass is 35.5. The Kier molecular flexibility index (Phi) is 7.14. The van der Waals surface area contributed by atoms with Crippen LogP contribution >= 0.6 is 11.6 Å². The third kappa shape index (κ3) is 5.55. The van der Waals surface area contributed by atoms with E-state index in [2.05, 4.69) is 49.6 Å². The lowest BCUT2D eigenvalue weighted by Gasteiger charge is -2.34. The molecule has 0 atom stereocenters. The van der Waals surface area contributed by atoms with Crippen LogP contribution in [-0.4, -0.2) is 61.0 Å². The molecule has 8 nitrogen and oxygen atoms in total. The van der Waals surface area contributed by atoms with Crippen molar-refractivity contribution >= 4 is 52.0 Å². The van der Waals surface area contributed by atoms with Gasteiger partial charge in [0.2, 0.25) is 11.9 Å². The molecule has 1 saturated heterocycles. The fraction of sp³-hybridized carbons (Fsp3) is 0.292. The first-order valence-corrected chi connectivity index (χ1v) is 11.3. The molecule has 2 N–H and O–H groups in total. The summed E-state index contributed by atoms with van der Waals surface area (Å²) in [5.74, 6) is -0.427. The molecule has 2 aromatic carbocycles. The molecule has 1 amide bonds. The van der Waals surface area contributed by atoms with Crippen LogP contribution in [0.25, 0.3) is 0 Å². The monoisotopic (exact) mass is 483 g/mol. The molecule has 1 fully saturated rings. The Labute approximate surface area is 203 Å². The van der Waals surface area contributed by atoms with Crippen molar-refractivity contribution in [2.75, 3.05) is 60.7 Å². The molecule has 0 saturated carbocycles. The highest BCUT2D eigenvalue weighted by Crippen LogP contribution is 2.31. The summed E-state index contributed by atoms with van der Waals surface area (Å²) < 4.78 is 14.6. The minimum atomic E-state index is -0.569. The molecule has 0 unspecified atom stereocenters. The molecule has 1 aliphatic heterocycles. The van der Waals surface area contributed by atoms with Crippen molar-refractivity contribution in [1.82, 2.24) is 14.9 Å². The van der Waals surface area contributed by atoms with Gasteiger partial charge >= 0.3 is 0 Å². The van der Waals surface area contributed by atoms with E-state index >= 15 is 0 Å². The van der Waals surface area contributed by atoms with Gasteiger partial charge in [-0.25, -0.2) is 9.37 Å². The highest BCUT2D eigenvalue weighted by molar-refractivity contribution is 6.34. The summed E-state index contributed by atoms with van der Waals surface area (Å²) in [7, 11) is 3.82. The molecule has 1 aromatic heterocycles. The number of piperazine rings is 1. The van der Waals surface area contributed by atoms with Gasteiger partial charge in [0, 0.05) is 57.2 Å². The summed E-state index contributed by atoms with van der Waals surface area (Å²) in [6, 6.07) is 13.1. The zero-order valence-electron chi connectivity index (χ0n) is 19.3. The van der Waals surface area contributed by atoms with E-state index in [4.69, 9.17) is 11.6 Å². The second kappa shape index (κ2) is 10.2. The molecule has 2 heterocycles. The van der Waals surface area contributed by atoms with Crippen LogP contribution in [0.3, 0.4) is 0 Å². The molecule has 178 valence electrons. The topological polar surface area (TPSA) is 76.6 Å². The van der Waals surface area contributed by atoms with Gasteiger partial charge in [0.25, 0.3) is 0 Å². The molecular weight excluding hydrogens is 457 g/mol. The fourth-order valence-electron chi connectivity index (χ4n) is 3.73. The normalized spacial score (nSPS) is 14.1. The van der Waals surface area contributed by atoms with Crippen LogP contribution in [0, 0.1) is 5.82 Å². The molecule has 0 spiro atoms. The second-order valence-electron chi connectivity index (χ2n) is 8.23. The van der Waals surface area contributed by atoms with E-state index in [0.29, 0.717) is 16.4 Å². The Morgan fingerprint density at radius 1 is 1.12 bits per heavy atom. The lowest BCUT2D eigenvalue weighted by molar-refractivity contribution is -0.114. The SMILES string of the molecule is CC(=O)Nc1ccc(N(C)c2nc(Nc3ccc(N4CCN(C)CC4)cc3)ncc2F)cc1Cl. The molecule has 10 heteroatoms. The largest absolute Gasteiger partial charge is 0.369 e. The zero-order valence-corrected chi connectivity index (χ0v) is 20.1. The van der Waals surface area contributed by atoms with Gasteiger partial charge in [0.05, 0.1) is 16.9 Å². The van der Waals surface area contributed by atoms with E-state index < -0.39 is 5.82 Å². The number of carbonyl (C=O) groups excluding carboxylic acids is 1. The molecule has 4 rings (SSSR count). The number of anilines is 6. The number of hydrogen-bond acceptors (Lipinski definition) is 7. The van der Waals surface area contributed by atoms with Crippen molar-refractivity contribution in [3.05, 3.63) is 59.5 Å². The van der Waals surface area contributed by atoms with E-state index in [1.54, 1.807) is 30.1 Å². The Morgan fingerprint density at radius 3 is 2.47 bits per heavy atom. The van der Waals surface area contributed by atoms with E-state index in [1.165, 1.54) is 12.6 Å². The van der Waals surface area contributed by atoms with Gasteiger partial charge < -0.3 is 25.3 Å². The standard InChI is InChI=1S/C24H27ClFN7O/c1-16(34)28-22-9-8-19(14-20(22)25)32(3)23-21(26)15-27-24(30-23)29-17-4-6-18(7-5-17)33-12-10-31(2)11-13-33/h4-9,14-15H,10-13H2,1-3H3,(H,28,34)(H,27,29,30). The summed E-state index contributed by atoms with van der Waals surface area (Å²) in [4.78, 5) is 26.0. The van der Waals surface area contributed by atoms with Crippen LogP contribution in [0.2, 0.25) is 5.02 Å². The first-order valence-electron chi connectivity index (χ1n) is 10.9. The van der Waals surface area contributed by atoms with Crippen molar-refractivity contribution in [2.45, 2.75) is 6.92 Å². The molecule has 34 heavy (non-hydrogen) atoms. The Bertz CT molecular complexity index is 1170. The van der Waals surface area contributed by atoms with Crippen LogP contribution in [0.5, 0.6) is 0 Å². The van der Waals surface area contributed by atoms with Crippen LogP contribution in [0.4, 0.5) is 38.9 Å². The number of nitrogens with one attached hydrogen (secondary N) is 2. The third-order valence-electron chi connectivity index (χ3n) is 5.69. The summed E-state index contributed by atoms with van der Waals surface area (Å²) in [6.45, 7) is 5.48. The summed E-state index contributed by atoms with van der Waals surface area (Å²) in [5, 5.41) is 6.13. The molecule has 0 aliphatic carbocycles. The maximum atomic E-state index is 14.6. The van der Waals surface area contributed by atoms with Crippen LogP contribution < -0.4 is 20.4 Å². The van der Waals surface area contributed by atoms with E-state index in [0.717, 1.165) is 38.1 Å². The quantitative estimate of drug-likeness (QED) is 0.535. The first-order chi connectivity index (χ1) is 16.3. The van der Waals surface area contributed by atoms with Crippen molar-refractivity contribution in [1.29, 1.82) is 0 Å². The van der Waals surface area contributed by atoms with Gasteiger partial charge in [0.1, 0.15) is 0 Å². The average Bonchev–Trinajstić information content (AvgIpc) is 2.82. The van der Waals surface area contributed by atoms with Crippen molar-refractivity contribution < 1.29 is 9.18 Å². The molecule has 0 radical (unpaired) electrons. The van der Waals surface area contributed by atoms with Gasteiger partial charge in [-0.3, -0.25) is 4.79 Å². The van der Waals surface area contributed by atoms with Crippen molar-refractivity contribution in [3.63, 3.8) is 0 Å². The number of likely N-dealkylation sites (N-methyl/N-ethyl adjacent to an activating group) is 1. The van der Waals surface area contributed by atoms with Crippen LogP contribution in [0.15, 0.2) is 48.7 Å². The lowest BCUT2D eigenvalue weighted by atomic mass is 10.2. The summed E-state index contributed by atoms with van der Waals surface area (Å²) in [6.07, 6.45) is 1.13. The van der Waals surface area contributed by atoms with Gasteiger partial charge in [-0.15, -0.1) is 0 Å². The number of aromatic nitrogens is 2. The van der Waals surface area contributed by atoms with E-state index in [1.807, 2.05) is 12.1 Å². The minimum absolute atomic E-state index is 0.0925. The van der Waals surface area contributed by atoms with Gasteiger partial charge in [-0.05, 0) is 49.5 Å². The average molecular weight is 484 g/mol. The Balaban J connectivity index is 1.49. The fourth-order valence-corrected chi connectivity index (χ4v) is 3.95. The predicted molar refractivity (Wildman–Crippen MR) is 135 cm³/mol. The third-order valence-corrected chi connectivity index (χ3v) is 6.00. The predicted octanol–water partition coefficient (Wildman–Crippen LogP) is 4.49.